The molecule has 0 radical (unpaired) electrons. The lowest BCUT2D eigenvalue weighted by atomic mass is 10.3. The molecule has 8 nitrogen and oxygen atoms in total. The van der Waals surface area contributed by atoms with Crippen LogP contribution in [0.25, 0.3) is 0 Å². The Hall–Kier alpha value is -1.84. The second kappa shape index (κ2) is 6.29. The van der Waals surface area contributed by atoms with Gasteiger partial charge >= 0.3 is 0 Å². The van der Waals surface area contributed by atoms with Gasteiger partial charge in [0, 0.05) is 13.1 Å². The molecule has 1 unspecified atom stereocenters. The van der Waals surface area contributed by atoms with E-state index >= 15 is 0 Å². The van der Waals surface area contributed by atoms with Crippen molar-refractivity contribution in [3.63, 3.8) is 0 Å². The summed E-state index contributed by atoms with van der Waals surface area (Å²) in [5.74, 6) is 0.426. The maximum atomic E-state index is 12.5. The summed E-state index contributed by atoms with van der Waals surface area (Å²) >= 11 is 0. The number of hydrogen-bond acceptors (Lipinski definition) is 6. The zero-order chi connectivity index (χ0) is 15.5. The smallest absolute Gasteiger partial charge is 0.243 e. The molecular weight excluding hydrogens is 298 g/mol. The van der Waals surface area contributed by atoms with Gasteiger partial charge in [0.05, 0.1) is 18.6 Å². The normalized spacial score (nSPS) is 21.2. The van der Waals surface area contributed by atoms with Crippen molar-refractivity contribution in [2.45, 2.75) is 11.0 Å². The molecule has 1 saturated heterocycles. The van der Waals surface area contributed by atoms with Gasteiger partial charge in [0.15, 0.2) is 5.84 Å². The number of nitrogens with zero attached hydrogens (tertiary/aromatic N) is 2. The summed E-state index contributed by atoms with van der Waals surface area (Å²) in [5, 5.41) is 11.5. The van der Waals surface area contributed by atoms with Crippen LogP contribution in [0, 0.1) is 0 Å². The van der Waals surface area contributed by atoms with Crippen molar-refractivity contribution in [3.8, 4) is 5.75 Å². The minimum absolute atomic E-state index is 0.00422. The highest BCUT2D eigenvalue weighted by molar-refractivity contribution is 7.89. The quantitative estimate of drug-likeness (QED) is 0.345. The molecule has 1 aliphatic heterocycles. The maximum Gasteiger partial charge on any atom is 0.243 e. The molecule has 0 saturated carbocycles. The lowest BCUT2D eigenvalue weighted by Gasteiger charge is -2.31. The Morgan fingerprint density at radius 1 is 1.48 bits per heavy atom. The van der Waals surface area contributed by atoms with Crippen LogP contribution in [0.5, 0.6) is 5.75 Å². The Bertz CT molecular complexity index is 614. The molecule has 0 aromatic heterocycles. The third-order valence-electron chi connectivity index (χ3n) is 3.17. The Kier molecular flexibility index (Phi) is 4.66. The summed E-state index contributed by atoms with van der Waals surface area (Å²) in [7, 11) is -2.15. The predicted octanol–water partition coefficient (Wildman–Crippen LogP) is -0.169. The summed E-state index contributed by atoms with van der Waals surface area (Å²) in [6.07, 6.45) is -0.753. The molecule has 9 heteroatoms. The number of ether oxygens (including phenoxy) is 2. The van der Waals surface area contributed by atoms with Gasteiger partial charge in [0.2, 0.25) is 10.0 Å². The average Bonchev–Trinajstić information content (AvgIpc) is 2.54. The van der Waals surface area contributed by atoms with E-state index in [4.69, 9.17) is 20.4 Å². The third-order valence-corrected chi connectivity index (χ3v) is 5.05. The fourth-order valence-electron chi connectivity index (χ4n) is 1.98. The SMILES string of the molecule is COc1ccc(S(=O)(=O)N2CCOC(C(N)=NO)C2)cc1. The molecule has 1 heterocycles. The van der Waals surface area contributed by atoms with Gasteiger partial charge in [-0.25, -0.2) is 8.42 Å². The number of nitrogens with two attached hydrogens (primary N) is 1. The van der Waals surface area contributed by atoms with E-state index in [0.717, 1.165) is 0 Å². The topological polar surface area (TPSA) is 114 Å². The number of methoxy groups -OCH3 is 1. The van der Waals surface area contributed by atoms with Crippen LogP contribution in [-0.4, -0.2) is 56.7 Å². The van der Waals surface area contributed by atoms with Gasteiger partial charge in [0.1, 0.15) is 11.9 Å². The number of benzene rings is 1. The first-order valence-corrected chi connectivity index (χ1v) is 7.66. The summed E-state index contributed by atoms with van der Waals surface area (Å²) in [5.41, 5.74) is 5.47. The van der Waals surface area contributed by atoms with E-state index in [-0.39, 0.29) is 30.4 Å². The molecule has 21 heavy (non-hydrogen) atoms. The van der Waals surface area contributed by atoms with Crippen LogP contribution in [0.15, 0.2) is 34.3 Å². The zero-order valence-electron chi connectivity index (χ0n) is 11.5. The molecule has 1 aromatic rings. The van der Waals surface area contributed by atoms with Gasteiger partial charge in [-0.3, -0.25) is 0 Å². The minimum Gasteiger partial charge on any atom is -0.497 e. The molecule has 1 fully saturated rings. The first kappa shape index (κ1) is 15.5. The number of amidine groups is 1. The predicted molar refractivity (Wildman–Crippen MR) is 74.9 cm³/mol. The van der Waals surface area contributed by atoms with E-state index in [2.05, 4.69) is 5.16 Å². The number of sulfonamides is 1. The van der Waals surface area contributed by atoms with Crippen LogP contribution in [0.2, 0.25) is 0 Å². The van der Waals surface area contributed by atoms with Gasteiger partial charge in [-0.05, 0) is 24.3 Å². The van der Waals surface area contributed by atoms with E-state index < -0.39 is 16.1 Å². The lowest BCUT2D eigenvalue weighted by Crippen LogP contribution is -2.50. The fourth-order valence-corrected chi connectivity index (χ4v) is 3.41. The molecule has 3 N–H and O–H groups in total. The number of oxime groups is 1. The highest BCUT2D eigenvalue weighted by Crippen LogP contribution is 2.21. The van der Waals surface area contributed by atoms with E-state index in [9.17, 15) is 8.42 Å². The van der Waals surface area contributed by atoms with Crippen molar-refractivity contribution in [2.24, 2.45) is 10.9 Å². The van der Waals surface area contributed by atoms with Crippen molar-refractivity contribution in [2.75, 3.05) is 26.8 Å². The average molecular weight is 315 g/mol. The molecule has 0 spiro atoms. The molecule has 116 valence electrons. The van der Waals surface area contributed by atoms with Gasteiger partial charge in [-0.1, -0.05) is 5.16 Å². The van der Waals surface area contributed by atoms with Crippen molar-refractivity contribution >= 4 is 15.9 Å². The molecule has 1 atom stereocenters. The summed E-state index contributed by atoms with van der Waals surface area (Å²) in [4.78, 5) is 0.156. The van der Waals surface area contributed by atoms with Crippen LogP contribution in [-0.2, 0) is 14.8 Å². The zero-order valence-corrected chi connectivity index (χ0v) is 12.3. The Labute approximate surface area is 122 Å². The van der Waals surface area contributed by atoms with Gasteiger partial charge in [0.25, 0.3) is 0 Å². The number of hydrogen-bond donors (Lipinski definition) is 2. The largest absolute Gasteiger partial charge is 0.497 e. The highest BCUT2D eigenvalue weighted by atomic mass is 32.2. The van der Waals surface area contributed by atoms with Gasteiger partial charge in [-0.15, -0.1) is 0 Å². The first-order valence-electron chi connectivity index (χ1n) is 6.22. The Morgan fingerprint density at radius 3 is 2.71 bits per heavy atom. The number of morpholine rings is 1. The Morgan fingerprint density at radius 2 is 2.14 bits per heavy atom. The minimum atomic E-state index is -3.66. The van der Waals surface area contributed by atoms with Crippen LogP contribution in [0.3, 0.4) is 0 Å². The van der Waals surface area contributed by atoms with E-state index in [1.54, 1.807) is 12.1 Å². The van der Waals surface area contributed by atoms with Crippen molar-refractivity contribution in [1.82, 2.24) is 4.31 Å². The monoisotopic (exact) mass is 315 g/mol. The van der Waals surface area contributed by atoms with Gasteiger partial charge in [-0.2, -0.15) is 4.31 Å². The summed E-state index contributed by atoms with van der Waals surface area (Å²) in [6, 6.07) is 6.10. The van der Waals surface area contributed by atoms with Gasteiger partial charge < -0.3 is 20.4 Å². The van der Waals surface area contributed by atoms with E-state index in [1.807, 2.05) is 0 Å². The summed E-state index contributed by atoms with van der Waals surface area (Å²) < 4.78 is 36.6. The number of rotatable bonds is 4. The molecule has 1 aliphatic rings. The van der Waals surface area contributed by atoms with Crippen LogP contribution in [0.1, 0.15) is 0 Å². The molecule has 2 rings (SSSR count). The lowest BCUT2D eigenvalue weighted by molar-refractivity contribution is 0.0355. The van der Waals surface area contributed by atoms with Crippen molar-refractivity contribution < 1.29 is 23.1 Å². The third kappa shape index (κ3) is 3.26. The molecule has 0 aliphatic carbocycles. The fraction of sp³-hybridized carbons (Fsp3) is 0.417. The highest BCUT2D eigenvalue weighted by Gasteiger charge is 2.32. The molecule has 1 aromatic carbocycles. The van der Waals surface area contributed by atoms with Crippen molar-refractivity contribution in [1.29, 1.82) is 0 Å². The van der Waals surface area contributed by atoms with E-state index in [0.29, 0.717) is 5.75 Å². The maximum absolute atomic E-state index is 12.5. The van der Waals surface area contributed by atoms with Crippen LogP contribution >= 0.6 is 0 Å². The Balaban J connectivity index is 2.22. The second-order valence-corrected chi connectivity index (χ2v) is 6.36. The molecule has 0 bridgehead atoms. The van der Waals surface area contributed by atoms with Crippen molar-refractivity contribution in [3.05, 3.63) is 24.3 Å². The second-order valence-electron chi connectivity index (χ2n) is 4.42. The first-order chi connectivity index (χ1) is 9.98. The standard InChI is InChI=1S/C12H17N3O5S/c1-19-9-2-4-10(5-3-9)21(17,18)15-6-7-20-11(8-15)12(13)14-16/h2-5,11,16H,6-8H2,1H3,(H2,13,14). The van der Waals surface area contributed by atoms with Crippen LogP contribution in [0.4, 0.5) is 0 Å². The molecule has 0 amide bonds. The molecular formula is C12H17N3O5S. The van der Waals surface area contributed by atoms with Crippen LogP contribution < -0.4 is 10.5 Å². The summed E-state index contributed by atoms with van der Waals surface area (Å²) in [6.45, 7) is 0.393. The van der Waals surface area contributed by atoms with E-state index in [1.165, 1.54) is 23.5 Å².